The van der Waals surface area contributed by atoms with Crippen LogP contribution in [0.5, 0.6) is 0 Å². The molecule has 0 heterocycles. The highest BCUT2D eigenvalue weighted by Crippen LogP contribution is 2.15. The molecule has 0 rings (SSSR count). The van der Waals surface area contributed by atoms with Gasteiger partial charge in [0.15, 0.2) is 6.10 Å². The zero-order chi connectivity index (χ0) is 42.8. The minimum Gasteiger partial charge on any atom is -0.544 e. The third-order valence-electron chi connectivity index (χ3n) is 10.2. The van der Waals surface area contributed by atoms with Crippen molar-refractivity contribution >= 4 is 17.9 Å². The molecule has 8 nitrogen and oxygen atoms in total. The Morgan fingerprint density at radius 2 is 0.966 bits per heavy atom. The van der Waals surface area contributed by atoms with Crippen molar-refractivity contribution in [1.29, 1.82) is 0 Å². The largest absolute Gasteiger partial charge is 0.544 e. The van der Waals surface area contributed by atoms with Gasteiger partial charge in [-0.3, -0.25) is 9.59 Å². The Balaban J connectivity index is 4.37. The quantitative estimate of drug-likeness (QED) is 0.0262. The summed E-state index contributed by atoms with van der Waals surface area (Å²) >= 11 is 0. The normalized spacial score (nSPS) is 13.5. The first kappa shape index (κ1) is 55.0. The molecule has 0 aromatic carbocycles. The van der Waals surface area contributed by atoms with E-state index in [1.807, 2.05) is 0 Å². The Morgan fingerprint density at radius 3 is 1.43 bits per heavy atom. The van der Waals surface area contributed by atoms with Gasteiger partial charge in [0.1, 0.15) is 12.6 Å². The maximum absolute atomic E-state index is 12.7. The molecule has 0 fully saturated rings. The highest BCUT2D eigenvalue weighted by molar-refractivity contribution is 5.70. The number of carbonyl (C=O) groups excluding carboxylic acids is 3. The topological polar surface area (TPSA) is 102 Å². The maximum atomic E-state index is 12.7. The van der Waals surface area contributed by atoms with Crippen molar-refractivity contribution in [3.8, 4) is 0 Å². The highest BCUT2D eigenvalue weighted by Gasteiger charge is 2.25. The number of esters is 2. The van der Waals surface area contributed by atoms with Crippen LogP contribution in [0, 0.1) is 0 Å². The van der Waals surface area contributed by atoms with Gasteiger partial charge in [0, 0.05) is 19.3 Å². The summed E-state index contributed by atoms with van der Waals surface area (Å²) in [5, 5.41) is 11.6. The summed E-state index contributed by atoms with van der Waals surface area (Å²) in [7, 11) is 5.40. The highest BCUT2D eigenvalue weighted by atomic mass is 16.6. The summed E-state index contributed by atoms with van der Waals surface area (Å²) in [6, 6.07) is -0.732. The molecule has 0 amide bonds. The second kappa shape index (κ2) is 40.8. The van der Waals surface area contributed by atoms with Crippen LogP contribution in [-0.4, -0.2) is 75.5 Å². The van der Waals surface area contributed by atoms with Gasteiger partial charge in [-0.25, -0.2) is 0 Å². The summed E-state index contributed by atoms with van der Waals surface area (Å²) in [6.07, 6.45) is 49.5. The first-order chi connectivity index (χ1) is 28.1. The van der Waals surface area contributed by atoms with E-state index in [4.69, 9.17) is 14.2 Å². The van der Waals surface area contributed by atoms with E-state index in [0.29, 0.717) is 12.8 Å². The minimum absolute atomic E-state index is 0.0298. The molecule has 0 radical (unpaired) electrons. The zero-order valence-corrected chi connectivity index (χ0v) is 37.9. The van der Waals surface area contributed by atoms with Gasteiger partial charge in [-0.1, -0.05) is 171 Å². The fourth-order valence-corrected chi connectivity index (χ4v) is 6.57. The standard InChI is InChI=1S/C50H87NO7/c1-6-8-10-12-14-16-18-20-22-23-24-25-26-27-29-31-33-35-37-39-41-49(53)58-46(44-56-43-42-47(50(54)55)51(3,4)5)45-57-48(52)40-38-36-34-32-30-28-21-19-17-15-13-11-9-7-2/h8,10,14,16,20,22,24-25,27,29,46-47H,6-7,9,11-13,15,17-19,21,23,26,28,30-45H2,1-5H3/b10-8+,16-14+,22-20+,25-24+,29-27+. The number of allylic oxidation sites excluding steroid dienone is 10. The van der Waals surface area contributed by atoms with Crippen LogP contribution >= 0.6 is 0 Å². The number of hydrogen-bond acceptors (Lipinski definition) is 7. The van der Waals surface area contributed by atoms with Crippen molar-refractivity contribution in [3.63, 3.8) is 0 Å². The Morgan fingerprint density at radius 1 is 0.534 bits per heavy atom. The van der Waals surface area contributed by atoms with E-state index in [-0.39, 0.29) is 42.7 Å². The van der Waals surface area contributed by atoms with Crippen LogP contribution in [0.3, 0.4) is 0 Å². The lowest BCUT2D eigenvalue weighted by atomic mass is 10.0. The van der Waals surface area contributed by atoms with Crippen LogP contribution < -0.4 is 5.11 Å². The van der Waals surface area contributed by atoms with E-state index in [2.05, 4.69) is 74.6 Å². The monoisotopic (exact) mass is 814 g/mol. The second-order valence-corrected chi connectivity index (χ2v) is 16.6. The van der Waals surface area contributed by atoms with Crippen LogP contribution in [0.15, 0.2) is 60.8 Å². The number of carboxylic acid groups (broad SMARTS) is 1. The molecule has 0 aromatic heterocycles. The lowest BCUT2D eigenvalue weighted by Gasteiger charge is -2.34. The Kier molecular flexibility index (Phi) is 38.7. The van der Waals surface area contributed by atoms with Gasteiger partial charge in [-0.05, 0) is 57.8 Å². The lowest BCUT2D eigenvalue weighted by Crippen LogP contribution is -2.55. The fourth-order valence-electron chi connectivity index (χ4n) is 6.57. The van der Waals surface area contributed by atoms with Crippen molar-refractivity contribution in [3.05, 3.63) is 60.8 Å². The van der Waals surface area contributed by atoms with E-state index < -0.39 is 18.1 Å². The molecule has 0 N–H and O–H groups in total. The zero-order valence-electron chi connectivity index (χ0n) is 37.9. The van der Waals surface area contributed by atoms with Gasteiger partial charge >= 0.3 is 11.9 Å². The first-order valence-corrected chi connectivity index (χ1v) is 23.3. The first-order valence-electron chi connectivity index (χ1n) is 23.3. The molecular weight excluding hydrogens is 727 g/mol. The number of aliphatic carboxylic acids is 1. The predicted molar refractivity (Wildman–Crippen MR) is 240 cm³/mol. The van der Waals surface area contributed by atoms with Gasteiger partial charge in [0.25, 0.3) is 0 Å². The molecule has 0 aliphatic heterocycles. The maximum Gasteiger partial charge on any atom is 0.306 e. The average Bonchev–Trinajstić information content (AvgIpc) is 3.18. The molecular formula is C50H87NO7. The van der Waals surface area contributed by atoms with Gasteiger partial charge in [0.2, 0.25) is 0 Å². The van der Waals surface area contributed by atoms with Crippen LogP contribution in [0.25, 0.3) is 0 Å². The van der Waals surface area contributed by atoms with E-state index in [0.717, 1.165) is 83.5 Å². The van der Waals surface area contributed by atoms with Crippen molar-refractivity contribution in [1.82, 2.24) is 0 Å². The van der Waals surface area contributed by atoms with Crippen LogP contribution in [0.1, 0.15) is 187 Å². The molecule has 8 heteroatoms. The number of nitrogens with zero attached hydrogens (tertiary/aromatic N) is 1. The third-order valence-corrected chi connectivity index (χ3v) is 10.2. The Bertz CT molecular complexity index is 1130. The fraction of sp³-hybridized carbons (Fsp3) is 0.740. The van der Waals surface area contributed by atoms with Gasteiger partial charge in [-0.15, -0.1) is 0 Å². The number of carboxylic acids is 1. The van der Waals surface area contributed by atoms with Gasteiger partial charge in [0.05, 0.1) is 40.3 Å². The van der Waals surface area contributed by atoms with Gasteiger partial charge < -0.3 is 28.6 Å². The number of rotatable bonds is 41. The third kappa shape index (κ3) is 38.5. The molecule has 0 bridgehead atoms. The molecule has 0 aliphatic carbocycles. The summed E-state index contributed by atoms with van der Waals surface area (Å²) in [6.45, 7) is 4.52. The molecule has 0 aliphatic rings. The molecule has 0 saturated carbocycles. The molecule has 58 heavy (non-hydrogen) atoms. The van der Waals surface area contributed by atoms with Crippen LogP contribution in [0.4, 0.5) is 0 Å². The van der Waals surface area contributed by atoms with Gasteiger partial charge in [-0.2, -0.15) is 0 Å². The molecule has 0 aromatic rings. The smallest absolute Gasteiger partial charge is 0.306 e. The number of carbonyl (C=O) groups is 3. The van der Waals surface area contributed by atoms with Crippen molar-refractivity contribution in [2.24, 2.45) is 0 Å². The SMILES string of the molecule is CC/C=C/C/C=C/C/C=C/C/C=C/C/C=C/CCCCCCC(=O)OC(COCCC(C(=O)[O-])[N+](C)(C)C)COC(=O)CCCCCCCCCCCCCCCC. The molecule has 0 saturated heterocycles. The average molecular weight is 814 g/mol. The van der Waals surface area contributed by atoms with Crippen LogP contribution in [0.2, 0.25) is 0 Å². The van der Waals surface area contributed by atoms with Crippen molar-refractivity contribution in [2.45, 2.75) is 199 Å². The Labute approximate surface area is 356 Å². The number of unbranched alkanes of at least 4 members (excludes halogenated alkanes) is 17. The summed E-state index contributed by atoms with van der Waals surface area (Å²) in [5.74, 6) is -1.77. The number of quaternary nitrogens is 1. The van der Waals surface area contributed by atoms with E-state index in [9.17, 15) is 19.5 Å². The number of likely N-dealkylation sites (N-methyl/N-ethyl adjacent to an activating group) is 1. The molecule has 2 unspecified atom stereocenters. The van der Waals surface area contributed by atoms with Crippen molar-refractivity contribution in [2.75, 3.05) is 41.0 Å². The number of ether oxygens (including phenoxy) is 3. The molecule has 2 atom stereocenters. The Hall–Kier alpha value is -2.97. The van der Waals surface area contributed by atoms with Crippen LogP contribution in [-0.2, 0) is 28.6 Å². The molecule has 334 valence electrons. The summed E-state index contributed by atoms with van der Waals surface area (Å²) in [5.41, 5.74) is 0. The van der Waals surface area contributed by atoms with E-state index in [1.54, 1.807) is 21.1 Å². The van der Waals surface area contributed by atoms with Crippen molar-refractivity contribution < 1.29 is 38.2 Å². The lowest BCUT2D eigenvalue weighted by molar-refractivity contribution is -0.889. The summed E-state index contributed by atoms with van der Waals surface area (Å²) < 4.78 is 17.2. The summed E-state index contributed by atoms with van der Waals surface area (Å²) in [4.78, 5) is 36.9. The minimum atomic E-state index is -1.13. The number of hydrogen-bond donors (Lipinski definition) is 0. The van der Waals surface area contributed by atoms with E-state index >= 15 is 0 Å². The van der Waals surface area contributed by atoms with E-state index in [1.165, 1.54) is 70.6 Å². The second-order valence-electron chi connectivity index (χ2n) is 16.6. The predicted octanol–water partition coefficient (Wildman–Crippen LogP) is 11.6. The molecule has 0 spiro atoms.